The number of benzene rings is 2. The van der Waals surface area contributed by atoms with Crippen LogP contribution in [0.4, 0.5) is 0 Å². The van der Waals surface area contributed by atoms with Gasteiger partial charge in [0.1, 0.15) is 5.75 Å². The van der Waals surface area contributed by atoms with Crippen LogP contribution in [0.1, 0.15) is 20.3 Å². The lowest BCUT2D eigenvalue weighted by Crippen LogP contribution is -2.47. The molecule has 0 aliphatic carbocycles. The van der Waals surface area contributed by atoms with Crippen molar-refractivity contribution in [2.75, 3.05) is 33.0 Å². The fourth-order valence-corrected chi connectivity index (χ4v) is 2.71. The summed E-state index contributed by atoms with van der Waals surface area (Å²) in [5, 5.41) is 8.59. The maximum Gasteiger partial charge on any atom is 0.191 e. The molecule has 2 aromatic rings. The van der Waals surface area contributed by atoms with E-state index in [0.29, 0.717) is 25.7 Å². The number of nitrogens with zero attached hydrogens (tertiary/aromatic N) is 1. The van der Waals surface area contributed by atoms with Crippen molar-refractivity contribution in [3.05, 3.63) is 42.5 Å². The van der Waals surface area contributed by atoms with E-state index in [2.05, 4.69) is 33.8 Å². The highest BCUT2D eigenvalue weighted by molar-refractivity contribution is 7.92. The van der Waals surface area contributed by atoms with Gasteiger partial charge in [-0.1, -0.05) is 30.3 Å². The minimum Gasteiger partial charge on any atom is -0.494 e. The van der Waals surface area contributed by atoms with Crippen LogP contribution in [0.5, 0.6) is 5.75 Å². The predicted octanol–water partition coefficient (Wildman–Crippen LogP) is 2.60. The zero-order valence-electron chi connectivity index (χ0n) is 16.5. The van der Waals surface area contributed by atoms with Gasteiger partial charge in [0.25, 0.3) is 0 Å². The third-order valence-electron chi connectivity index (χ3n) is 4.51. The maximum atomic E-state index is 11.8. The summed E-state index contributed by atoms with van der Waals surface area (Å²) in [5.74, 6) is 1.43. The summed E-state index contributed by atoms with van der Waals surface area (Å²) < 4.78 is 28.5. The van der Waals surface area contributed by atoms with E-state index in [1.165, 1.54) is 11.6 Å². The number of hydrogen-bond acceptors (Lipinski definition) is 4. The van der Waals surface area contributed by atoms with Crippen molar-refractivity contribution < 1.29 is 13.2 Å². The number of ether oxygens (including phenoxy) is 1. The minimum absolute atomic E-state index is 0.291. The van der Waals surface area contributed by atoms with E-state index >= 15 is 0 Å². The fourth-order valence-electron chi connectivity index (χ4n) is 2.37. The Labute approximate surface area is 161 Å². The van der Waals surface area contributed by atoms with Crippen molar-refractivity contribution >= 4 is 26.6 Å². The van der Waals surface area contributed by atoms with Crippen LogP contribution in [-0.2, 0) is 9.84 Å². The van der Waals surface area contributed by atoms with Crippen molar-refractivity contribution in [2.45, 2.75) is 25.0 Å². The molecule has 27 heavy (non-hydrogen) atoms. The first-order chi connectivity index (χ1) is 12.7. The lowest BCUT2D eigenvalue weighted by molar-refractivity contribution is 0.311. The molecule has 6 nitrogen and oxygen atoms in total. The summed E-state index contributed by atoms with van der Waals surface area (Å²) in [4.78, 5) is 4.12. The van der Waals surface area contributed by atoms with Gasteiger partial charge in [0.2, 0.25) is 0 Å². The lowest BCUT2D eigenvalue weighted by Gasteiger charge is -2.24. The first-order valence-corrected chi connectivity index (χ1v) is 10.9. The minimum atomic E-state index is -3.15. The molecule has 148 valence electrons. The zero-order chi connectivity index (χ0) is 19.9. The molecular weight excluding hydrogens is 362 g/mol. The number of aliphatic imine (C=N–C) groups is 1. The maximum absolute atomic E-state index is 11.8. The molecule has 0 fully saturated rings. The normalized spacial score (nSPS) is 12.8. The molecule has 0 aliphatic rings. The topological polar surface area (TPSA) is 79.8 Å². The molecule has 0 heterocycles. The molecule has 2 N–H and O–H groups in total. The Hall–Kier alpha value is -2.28. The molecule has 0 radical (unpaired) electrons. The monoisotopic (exact) mass is 391 g/mol. The van der Waals surface area contributed by atoms with Crippen LogP contribution < -0.4 is 15.4 Å². The average molecular weight is 392 g/mol. The van der Waals surface area contributed by atoms with Crippen LogP contribution in [0.3, 0.4) is 0 Å². The molecular formula is C20H29N3O3S. The third kappa shape index (κ3) is 6.13. The summed E-state index contributed by atoms with van der Waals surface area (Å²) in [6, 6.07) is 14.2. The number of guanidine groups is 1. The molecule has 0 bridgehead atoms. The van der Waals surface area contributed by atoms with E-state index in [4.69, 9.17) is 4.74 Å². The summed E-state index contributed by atoms with van der Waals surface area (Å²) in [7, 11) is -1.49. The van der Waals surface area contributed by atoms with Crippen molar-refractivity contribution in [3.8, 4) is 5.75 Å². The second-order valence-electron chi connectivity index (χ2n) is 7.10. The summed E-state index contributed by atoms with van der Waals surface area (Å²) >= 11 is 0. The average Bonchev–Trinajstić information content (AvgIpc) is 2.63. The molecule has 2 rings (SSSR count). The lowest BCUT2D eigenvalue weighted by atomic mass is 10.1. The Morgan fingerprint density at radius 1 is 1.11 bits per heavy atom. The van der Waals surface area contributed by atoms with Gasteiger partial charge in [0.05, 0.1) is 11.4 Å². The van der Waals surface area contributed by atoms with Gasteiger partial charge in [-0.25, -0.2) is 8.42 Å². The molecule has 0 amide bonds. The van der Waals surface area contributed by atoms with Crippen molar-refractivity contribution in [1.29, 1.82) is 0 Å². The third-order valence-corrected chi connectivity index (χ3v) is 6.66. The molecule has 7 heteroatoms. The summed E-state index contributed by atoms with van der Waals surface area (Å²) in [6.45, 7) is 4.93. The van der Waals surface area contributed by atoms with Crippen molar-refractivity contribution in [3.63, 3.8) is 0 Å². The van der Waals surface area contributed by atoms with Crippen LogP contribution in [0.15, 0.2) is 47.5 Å². The highest BCUT2D eigenvalue weighted by Crippen LogP contribution is 2.20. The van der Waals surface area contributed by atoms with Gasteiger partial charge in [-0.3, -0.25) is 4.99 Å². The van der Waals surface area contributed by atoms with Crippen molar-refractivity contribution in [1.82, 2.24) is 10.6 Å². The van der Waals surface area contributed by atoms with E-state index in [9.17, 15) is 8.42 Å². The number of rotatable bonds is 8. The van der Waals surface area contributed by atoms with Gasteiger partial charge in [0.15, 0.2) is 15.8 Å². The number of nitrogens with one attached hydrogen (secondary N) is 2. The SMILES string of the molecule is CN=C(NCCCOc1ccc2ccccc2c1)NCC(C)(C)S(C)(=O)=O. The largest absolute Gasteiger partial charge is 0.494 e. The highest BCUT2D eigenvalue weighted by atomic mass is 32.2. The quantitative estimate of drug-likeness (QED) is 0.411. The van der Waals surface area contributed by atoms with E-state index in [-0.39, 0.29) is 0 Å². The van der Waals surface area contributed by atoms with Crippen LogP contribution in [-0.4, -0.2) is 52.1 Å². The Balaban J connectivity index is 1.73. The second kappa shape index (κ2) is 9.08. The Morgan fingerprint density at radius 3 is 2.48 bits per heavy atom. The summed E-state index contributed by atoms with van der Waals surface area (Å²) in [6.07, 6.45) is 2.04. The fraction of sp³-hybridized carbons (Fsp3) is 0.450. The van der Waals surface area contributed by atoms with E-state index in [1.54, 1.807) is 20.9 Å². The van der Waals surface area contributed by atoms with Crippen LogP contribution in [0.25, 0.3) is 10.8 Å². The van der Waals surface area contributed by atoms with Gasteiger partial charge in [-0.15, -0.1) is 0 Å². The van der Waals surface area contributed by atoms with E-state index in [0.717, 1.165) is 17.6 Å². The summed E-state index contributed by atoms with van der Waals surface area (Å²) in [5.41, 5.74) is 0. The smallest absolute Gasteiger partial charge is 0.191 e. The van der Waals surface area contributed by atoms with Crippen LogP contribution in [0.2, 0.25) is 0 Å². The van der Waals surface area contributed by atoms with Gasteiger partial charge in [-0.05, 0) is 43.2 Å². The Bertz CT molecular complexity index is 892. The molecule has 0 atom stereocenters. The van der Waals surface area contributed by atoms with E-state index in [1.807, 2.05) is 24.3 Å². The predicted molar refractivity (Wildman–Crippen MR) is 112 cm³/mol. The molecule has 2 aromatic carbocycles. The molecule has 0 aromatic heterocycles. The number of sulfone groups is 1. The molecule has 0 saturated carbocycles. The molecule has 0 spiro atoms. The zero-order valence-corrected chi connectivity index (χ0v) is 17.3. The van der Waals surface area contributed by atoms with Crippen LogP contribution in [0, 0.1) is 0 Å². The first kappa shape index (κ1) is 21.0. The van der Waals surface area contributed by atoms with Gasteiger partial charge in [0, 0.05) is 26.4 Å². The Kier molecular flexibility index (Phi) is 7.07. The number of hydrogen-bond donors (Lipinski definition) is 2. The van der Waals surface area contributed by atoms with Gasteiger partial charge in [-0.2, -0.15) is 0 Å². The molecule has 0 saturated heterocycles. The number of fused-ring (bicyclic) bond motifs is 1. The molecule has 0 aliphatic heterocycles. The van der Waals surface area contributed by atoms with Crippen molar-refractivity contribution in [2.24, 2.45) is 4.99 Å². The van der Waals surface area contributed by atoms with Gasteiger partial charge < -0.3 is 15.4 Å². The van der Waals surface area contributed by atoms with Gasteiger partial charge >= 0.3 is 0 Å². The second-order valence-corrected chi connectivity index (χ2v) is 9.74. The van der Waals surface area contributed by atoms with Crippen LogP contribution >= 0.6 is 0 Å². The standard InChI is InChI=1S/C20H29N3O3S/c1-20(2,27(4,24)25)15-23-19(21-3)22-12-7-13-26-18-11-10-16-8-5-6-9-17(16)14-18/h5-6,8-11,14H,7,12-13,15H2,1-4H3,(H2,21,22,23). The van der Waals surface area contributed by atoms with E-state index < -0.39 is 14.6 Å². The molecule has 0 unspecified atom stereocenters. The highest BCUT2D eigenvalue weighted by Gasteiger charge is 2.30. The first-order valence-electron chi connectivity index (χ1n) is 8.99. The Morgan fingerprint density at radius 2 is 1.81 bits per heavy atom.